The molecule has 4 aromatic heterocycles. The van der Waals surface area contributed by atoms with E-state index < -0.39 is 0 Å². The number of aryl methyl sites for hydroxylation is 3. The fourth-order valence-electron chi connectivity index (χ4n) is 5.24. The number of hydrogen-bond donors (Lipinski definition) is 0. The highest BCUT2D eigenvalue weighted by Gasteiger charge is 2.28. The molecule has 10 nitrogen and oxygen atoms in total. The van der Waals surface area contributed by atoms with Gasteiger partial charge in [-0.05, 0) is 32.8 Å². The zero-order chi connectivity index (χ0) is 23.9. The van der Waals surface area contributed by atoms with Crippen molar-refractivity contribution in [2.24, 2.45) is 7.05 Å². The highest BCUT2D eigenvalue weighted by Crippen LogP contribution is 2.37. The average Bonchev–Trinajstić information content (AvgIpc) is 3.51. The molecule has 0 bridgehead atoms. The zero-order valence-electron chi connectivity index (χ0n) is 20.4. The second kappa shape index (κ2) is 8.99. The van der Waals surface area contributed by atoms with Crippen LogP contribution in [0.2, 0.25) is 0 Å². The third kappa shape index (κ3) is 4.27. The standard InChI is InChI=1S/C25H30N8O2/c1-15-19(24-28-16(2)31-35-24)11-20-22(17-7-5-4-6-8-17)29-25(30-23(20)27-15)33-9-10-34-21(14-33)18-12-26-32(3)13-18/h11-13,17,21H,4-10,14H2,1-3H3/t21-/m1/s1. The molecule has 1 aliphatic carbocycles. The van der Waals surface area contributed by atoms with Crippen LogP contribution in [0.25, 0.3) is 22.5 Å². The summed E-state index contributed by atoms with van der Waals surface area (Å²) in [4.78, 5) is 21.7. The Morgan fingerprint density at radius 3 is 2.63 bits per heavy atom. The van der Waals surface area contributed by atoms with Gasteiger partial charge in [0.05, 0.1) is 36.3 Å². The molecular formula is C25H30N8O2. The second-order valence-corrected chi connectivity index (χ2v) is 9.64. The molecule has 5 heterocycles. The van der Waals surface area contributed by atoms with Crippen molar-refractivity contribution in [3.05, 3.63) is 41.2 Å². The molecule has 4 aromatic rings. The van der Waals surface area contributed by atoms with Crippen LogP contribution in [-0.2, 0) is 11.8 Å². The van der Waals surface area contributed by atoms with E-state index in [2.05, 4.69) is 26.2 Å². The number of pyridine rings is 1. The van der Waals surface area contributed by atoms with Gasteiger partial charge in [0, 0.05) is 36.7 Å². The molecule has 10 heteroatoms. The average molecular weight is 475 g/mol. The summed E-state index contributed by atoms with van der Waals surface area (Å²) in [6.07, 6.45) is 9.82. The summed E-state index contributed by atoms with van der Waals surface area (Å²) in [5.74, 6) is 2.21. The lowest BCUT2D eigenvalue weighted by atomic mass is 9.85. The van der Waals surface area contributed by atoms with Crippen LogP contribution in [0.15, 0.2) is 23.0 Å². The maximum atomic E-state index is 6.06. The van der Waals surface area contributed by atoms with Gasteiger partial charge in [0.1, 0.15) is 6.10 Å². The third-order valence-corrected chi connectivity index (χ3v) is 7.09. The lowest BCUT2D eigenvalue weighted by molar-refractivity contribution is 0.0392. The Kier molecular flexibility index (Phi) is 5.68. The third-order valence-electron chi connectivity index (χ3n) is 7.09. The Balaban J connectivity index is 1.43. The van der Waals surface area contributed by atoms with Crippen molar-refractivity contribution in [2.75, 3.05) is 24.6 Å². The monoisotopic (exact) mass is 474 g/mol. The van der Waals surface area contributed by atoms with Crippen LogP contribution in [0, 0.1) is 13.8 Å². The SMILES string of the molecule is Cc1noc(-c2cc3c(C4CCCCC4)nc(N4CCO[C@@H](c5cnn(C)c5)C4)nc3nc2C)n1. The van der Waals surface area contributed by atoms with Gasteiger partial charge in [-0.25, -0.2) is 9.97 Å². The molecule has 1 saturated carbocycles. The topological polar surface area (TPSA) is 108 Å². The Bertz CT molecular complexity index is 1360. The molecule has 182 valence electrons. The van der Waals surface area contributed by atoms with Crippen LogP contribution in [0.1, 0.15) is 66.9 Å². The van der Waals surface area contributed by atoms with E-state index in [1.807, 2.05) is 33.3 Å². The van der Waals surface area contributed by atoms with E-state index in [-0.39, 0.29) is 6.10 Å². The van der Waals surface area contributed by atoms with E-state index in [0.717, 1.165) is 58.9 Å². The molecule has 1 saturated heterocycles. The van der Waals surface area contributed by atoms with Crippen LogP contribution in [0.5, 0.6) is 0 Å². The van der Waals surface area contributed by atoms with Crippen molar-refractivity contribution in [3.8, 4) is 11.5 Å². The van der Waals surface area contributed by atoms with Crippen LogP contribution in [0.3, 0.4) is 0 Å². The van der Waals surface area contributed by atoms with Gasteiger partial charge in [-0.15, -0.1) is 0 Å². The fraction of sp³-hybridized carbons (Fsp3) is 0.520. The first kappa shape index (κ1) is 22.1. The molecule has 0 unspecified atom stereocenters. The lowest BCUT2D eigenvalue weighted by Gasteiger charge is -2.33. The quantitative estimate of drug-likeness (QED) is 0.433. The smallest absolute Gasteiger partial charge is 0.259 e. The lowest BCUT2D eigenvalue weighted by Crippen LogP contribution is -2.39. The van der Waals surface area contributed by atoms with Crippen molar-refractivity contribution in [1.29, 1.82) is 0 Å². The molecule has 2 aliphatic rings. The first-order valence-electron chi connectivity index (χ1n) is 12.4. The summed E-state index contributed by atoms with van der Waals surface area (Å²) in [7, 11) is 1.92. The molecule has 2 fully saturated rings. The van der Waals surface area contributed by atoms with E-state index in [1.165, 1.54) is 19.3 Å². The minimum absolute atomic E-state index is 0.0623. The van der Waals surface area contributed by atoms with E-state index in [1.54, 1.807) is 4.68 Å². The molecule has 0 spiro atoms. The molecular weight excluding hydrogens is 444 g/mol. The number of aromatic nitrogens is 7. The molecule has 35 heavy (non-hydrogen) atoms. The Labute approximate surface area is 203 Å². The van der Waals surface area contributed by atoms with Crippen molar-refractivity contribution in [2.45, 2.75) is 58.0 Å². The van der Waals surface area contributed by atoms with Gasteiger partial charge in [-0.3, -0.25) is 4.68 Å². The molecule has 1 aliphatic heterocycles. The van der Waals surface area contributed by atoms with Crippen LogP contribution in [-0.4, -0.2) is 54.6 Å². The summed E-state index contributed by atoms with van der Waals surface area (Å²) in [6, 6.07) is 2.09. The largest absolute Gasteiger partial charge is 0.370 e. The fourth-order valence-corrected chi connectivity index (χ4v) is 5.24. The number of morpholine rings is 1. The molecule has 6 rings (SSSR count). The van der Waals surface area contributed by atoms with Gasteiger partial charge in [0.15, 0.2) is 11.5 Å². The van der Waals surface area contributed by atoms with E-state index >= 15 is 0 Å². The highest BCUT2D eigenvalue weighted by atomic mass is 16.5. The first-order valence-corrected chi connectivity index (χ1v) is 12.4. The molecule has 0 radical (unpaired) electrons. The van der Waals surface area contributed by atoms with Crippen LogP contribution < -0.4 is 4.90 Å². The summed E-state index contributed by atoms with van der Waals surface area (Å²) in [6.45, 7) is 5.82. The van der Waals surface area contributed by atoms with E-state index in [0.29, 0.717) is 30.8 Å². The highest BCUT2D eigenvalue weighted by molar-refractivity contribution is 5.84. The van der Waals surface area contributed by atoms with Crippen molar-refractivity contribution in [3.63, 3.8) is 0 Å². The second-order valence-electron chi connectivity index (χ2n) is 9.64. The first-order chi connectivity index (χ1) is 17.0. The predicted octanol–water partition coefficient (Wildman–Crippen LogP) is 4.05. The van der Waals surface area contributed by atoms with Crippen LogP contribution >= 0.6 is 0 Å². The molecule has 1 atom stereocenters. The zero-order valence-corrected chi connectivity index (χ0v) is 20.4. The number of fused-ring (bicyclic) bond motifs is 1. The summed E-state index contributed by atoms with van der Waals surface area (Å²) >= 11 is 0. The van der Waals surface area contributed by atoms with Gasteiger partial charge >= 0.3 is 0 Å². The summed E-state index contributed by atoms with van der Waals surface area (Å²) in [5.41, 5.74) is 4.53. The molecule has 0 N–H and O–H groups in total. The van der Waals surface area contributed by atoms with Gasteiger partial charge in [-0.1, -0.05) is 24.4 Å². The van der Waals surface area contributed by atoms with E-state index in [9.17, 15) is 0 Å². The minimum Gasteiger partial charge on any atom is -0.370 e. The number of rotatable bonds is 4. The molecule has 0 aromatic carbocycles. The van der Waals surface area contributed by atoms with Gasteiger partial charge in [0.2, 0.25) is 5.95 Å². The Hall–Kier alpha value is -3.40. The Morgan fingerprint density at radius 1 is 1.03 bits per heavy atom. The molecule has 0 amide bonds. The number of anilines is 1. The maximum Gasteiger partial charge on any atom is 0.259 e. The van der Waals surface area contributed by atoms with Crippen LogP contribution in [0.4, 0.5) is 5.95 Å². The number of ether oxygens (including phenoxy) is 1. The summed E-state index contributed by atoms with van der Waals surface area (Å²) in [5, 5.41) is 9.26. The van der Waals surface area contributed by atoms with Crippen molar-refractivity contribution in [1.82, 2.24) is 34.9 Å². The van der Waals surface area contributed by atoms with Gasteiger partial charge in [-0.2, -0.15) is 15.1 Å². The van der Waals surface area contributed by atoms with Crippen molar-refractivity contribution < 1.29 is 9.26 Å². The van der Waals surface area contributed by atoms with Crippen molar-refractivity contribution >= 4 is 17.0 Å². The predicted molar refractivity (Wildman–Crippen MR) is 130 cm³/mol. The normalized spacial score (nSPS) is 19.5. The van der Waals surface area contributed by atoms with Gasteiger partial charge < -0.3 is 14.2 Å². The Morgan fingerprint density at radius 2 is 1.89 bits per heavy atom. The maximum absolute atomic E-state index is 6.06. The summed E-state index contributed by atoms with van der Waals surface area (Å²) < 4.78 is 13.3. The number of hydrogen-bond acceptors (Lipinski definition) is 9. The van der Waals surface area contributed by atoms with Gasteiger partial charge in [0.25, 0.3) is 5.89 Å². The minimum atomic E-state index is -0.0623. The number of nitrogens with zero attached hydrogens (tertiary/aromatic N) is 8. The van der Waals surface area contributed by atoms with E-state index in [4.69, 9.17) is 24.2 Å².